The number of aromatic nitrogens is 4. The number of aromatic amines is 1. The monoisotopic (exact) mass is 309 g/mol. The molecule has 3 aromatic rings. The van der Waals surface area contributed by atoms with Crippen LogP contribution in [-0.4, -0.2) is 19.9 Å². The van der Waals surface area contributed by atoms with Gasteiger partial charge in [-0.2, -0.15) is 0 Å². The molecule has 6 nitrogen and oxygen atoms in total. The Balaban J connectivity index is 2.00. The minimum Gasteiger partial charge on any atom is -0.294 e. The number of nitrogens with zero attached hydrogens (tertiary/aromatic N) is 3. The van der Waals surface area contributed by atoms with Crippen LogP contribution in [0.1, 0.15) is 30.3 Å². The smallest absolute Gasteiger partial charge is 0.252 e. The molecule has 0 atom stereocenters. The quantitative estimate of drug-likeness (QED) is 0.774. The van der Waals surface area contributed by atoms with E-state index < -0.39 is 0 Å². The molecule has 0 spiro atoms. The van der Waals surface area contributed by atoms with E-state index >= 15 is 0 Å². The summed E-state index contributed by atoms with van der Waals surface area (Å²) in [5.74, 6) is 0.796. The standard InChI is InChI=1S/C17H19N5O/c1-4-5-12-9-15(23)21-17(19-12)22-16-18-11(3)13-7-6-10(2)8-14(13)20-16/h6-9H,4-5H2,1-3H3,(H2,18,19,20,21,22,23). The number of fused-ring (bicyclic) bond motifs is 1. The maximum atomic E-state index is 11.7. The van der Waals surface area contributed by atoms with Crippen molar-refractivity contribution in [3.8, 4) is 0 Å². The predicted octanol–water partition coefficient (Wildman–Crippen LogP) is 3.03. The summed E-state index contributed by atoms with van der Waals surface area (Å²) >= 11 is 0. The van der Waals surface area contributed by atoms with E-state index in [1.54, 1.807) is 0 Å². The number of nitrogens with one attached hydrogen (secondary N) is 2. The van der Waals surface area contributed by atoms with Gasteiger partial charge in [0.05, 0.1) is 11.2 Å². The zero-order valence-corrected chi connectivity index (χ0v) is 13.5. The highest BCUT2D eigenvalue weighted by atomic mass is 16.1. The van der Waals surface area contributed by atoms with Crippen LogP contribution in [0, 0.1) is 13.8 Å². The van der Waals surface area contributed by atoms with E-state index in [1.807, 2.05) is 39.0 Å². The fourth-order valence-corrected chi connectivity index (χ4v) is 2.51. The van der Waals surface area contributed by atoms with Gasteiger partial charge in [0.1, 0.15) is 0 Å². The van der Waals surface area contributed by atoms with Crippen LogP contribution in [-0.2, 0) is 6.42 Å². The van der Waals surface area contributed by atoms with Crippen LogP contribution >= 0.6 is 0 Å². The first kappa shape index (κ1) is 15.1. The Morgan fingerprint density at radius 2 is 1.96 bits per heavy atom. The Hall–Kier alpha value is -2.76. The minimum absolute atomic E-state index is 0.181. The van der Waals surface area contributed by atoms with Crippen LogP contribution in [0.3, 0.4) is 0 Å². The summed E-state index contributed by atoms with van der Waals surface area (Å²) in [5.41, 5.74) is 3.46. The molecule has 0 aliphatic heterocycles. The van der Waals surface area contributed by atoms with Crippen LogP contribution in [0.4, 0.5) is 11.9 Å². The Morgan fingerprint density at radius 1 is 1.13 bits per heavy atom. The van der Waals surface area contributed by atoms with Crippen LogP contribution in [0.25, 0.3) is 10.9 Å². The van der Waals surface area contributed by atoms with Crippen molar-refractivity contribution in [1.29, 1.82) is 0 Å². The third kappa shape index (κ3) is 3.36. The van der Waals surface area contributed by atoms with Crippen molar-refractivity contribution in [3.05, 3.63) is 51.6 Å². The largest absolute Gasteiger partial charge is 0.294 e. The molecule has 2 heterocycles. The first-order valence-electron chi connectivity index (χ1n) is 7.67. The summed E-state index contributed by atoms with van der Waals surface area (Å²) in [6, 6.07) is 7.59. The van der Waals surface area contributed by atoms with Gasteiger partial charge in [-0.3, -0.25) is 15.1 Å². The van der Waals surface area contributed by atoms with E-state index in [9.17, 15) is 4.79 Å². The van der Waals surface area contributed by atoms with Gasteiger partial charge in [0, 0.05) is 17.1 Å². The average molecular weight is 309 g/mol. The molecule has 0 amide bonds. The molecule has 0 aliphatic carbocycles. The average Bonchev–Trinajstić information content (AvgIpc) is 2.46. The molecular weight excluding hydrogens is 290 g/mol. The van der Waals surface area contributed by atoms with E-state index in [2.05, 4.69) is 25.3 Å². The van der Waals surface area contributed by atoms with Crippen LogP contribution in [0.15, 0.2) is 29.1 Å². The molecule has 0 unspecified atom stereocenters. The van der Waals surface area contributed by atoms with Gasteiger partial charge in [-0.05, 0) is 31.9 Å². The van der Waals surface area contributed by atoms with Crippen molar-refractivity contribution in [1.82, 2.24) is 19.9 Å². The molecular formula is C17H19N5O. The molecule has 0 fully saturated rings. The van der Waals surface area contributed by atoms with Crippen LogP contribution < -0.4 is 10.9 Å². The van der Waals surface area contributed by atoms with Crippen molar-refractivity contribution in [2.45, 2.75) is 33.6 Å². The minimum atomic E-state index is -0.181. The summed E-state index contributed by atoms with van der Waals surface area (Å²) in [6.45, 7) is 6.01. The lowest BCUT2D eigenvalue weighted by Crippen LogP contribution is -2.13. The molecule has 118 valence electrons. The van der Waals surface area contributed by atoms with E-state index in [0.29, 0.717) is 11.9 Å². The molecule has 2 aromatic heterocycles. The highest BCUT2D eigenvalue weighted by Gasteiger charge is 2.07. The number of benzene rings is 1. The van der Waals surface area contributed by atoms with Crippen molar-refractivity contribution < 1.29 is 0 Å². The number of hydrogen-bond donors (Lipinski definition) is 2. The summed E-state index contributed by atoms with van der Waals surface area (Å²) in [7, 11) is 0. The summed E-state index contributed by atoms with van der Waals surface area (Å²) in [4.78, 5) is 27.8. The van der Waals surface area contributed by atoms with Gasteiger partial charge in [0.25, 0.3) is 5.56 Å². The fourth-order valence-electron chi connectivity index (χ4n) is 2.51. The van der Waals surface area contributed by atoms with Crippen molar-refractivity contribution in [2.24, 2.45) is 0 Å². The van der Waals surface area contributed by atoms with Gasteiger partial charge >= 0.3 is 0 Å². The van der Waals surface area contributed by atoms with Crippen LogP contribution in [0.5, 0.6) is 0 Å². The van der Waals surface area contributed by atoms with Gasteiger partial charge in [0.2, 0.25) is 11.9 Å². The highest BCUT2D eigenvalue weighted by Crippen LogP contribution is 2.19. The topological polar surface area (TPSA) is 83.6 Å². The predicted molar refractivity (Wildman–Crippen MR) is 91.1 cm³/mol. The normalized spacial score (nSPS) is 10.9. The van der Waals surface area contributed by atoms with Gasteiger partial charge in [-0.15, -0.1) is 0 Å². The number of hydrogen-bond acceptors (Lipinski definition) is 5. The molecule has 0 radical (unpaired) electrons. The summed E-state index contributed by atoms with van der Waals surface area (Å²) in [6.07, 6.45) is 1.69. The lowest BCUT2D eigenvalue weighted by atomic mass is 10.1. The van der Waals surface area contributed by atoms with Gasteiger partial charge < -0.3 is 0 Å². The Kier molecular flexibility index (Phi) is 4.06. The van der Waals surface area contributed by atoms with E-state index in [1.165, 1.54) is 6.07 Å². The maximum absolute atomic E-state index is 11.7. The second-order valence-corrected chi connectivity index (χ2v) is 5.61. The molecule has 0 saturated carbocycles. The van der Waals surface area contributed by atoms with Crippen LogP contribution in [0.2, 0.25) is 0 Å². The maximum Gasteiger partial charge on any atom is 0.252 e. The van der Waals surface area contributed by atoms with E-state index in [0.717, 1.165) is 40.7 Å². The fraction of sp³-hybridized carbons (Fsp3) is 0.294. The lowest BCUT2D eigenvalue weighted by molar-refractivity contribution is 0.869. The molecule has 0 aliphatic rings. The van der Waals surface area contributed by atoms with E-state index in [-0.39, 0.29) is 5.56 Å². The van der Waals surface area contributed by atoms with Crippen molar-refractivity contribution in [2.75, 3.05) is 5.32 Å². The lowest BCUT2D eigenvalue weighted by Gasteiger charge is -2.08. The number of H-pyrrole nitrogens is 1. The van der Waals surface area contributed by atoms with Crippen molar-refractivity contribution in [3.63, 3.8) is 0 Å². The molecule has 6 heteroatoms. The third-order valence-corrected chi connectivity index (χ3v) is 3.57. The Labute approximate surface area is 134 Å². The molecule has 2 N–H and O–H groups in total. The molecule has 0 bridgehead atoms. The molecule has 3 rings (SSSR count). The second kappa shape index (κ2) is 6.16. The Morgan fingerprint density at radius 3 is 2.74 bits per heavy atom. The molecule has 0 saturated heterocycles. The summed E-state index contributed by atoms with van der Waals surface area (Å²) < 4.78 is 0. The van der Waals surface area contributed by atoms with E-state index in [4.69, 9.17) is 0 Å². The number of aryl methyl sites for hydroxylation is 3. The zero-order valence-electron chi connectivity index (χ0n) is 13.5. The SMILES string of the molecule is CCCc1cc(=O)[nH]c(Nc2nc(C)c3ccc(C)cc3n2)n1. The van der Waals surface area contributed by atoms with Gasteiger partial charge in [0.15, 0.2) is 0 Å². The van der Waals surface area contributed by atoms with Gasteiger partial charge in [-0.25, -0.2) is 15.0 Å². The molecule has 23 heavy (non-hydrogen) atoms. The second-order valence-electron chi connectivity index (χ2n) is 5.61. The Bertz CT molecular complexity index is 916. The first-order valence-corrected chi connectivity index (χ1v) is 7.67. The third-order valence-electron chi connectivity index (χ3n) is 3.57. The number of anilines is 2. The molecule has 1 aromatic carbocycles. The van der Waals surface area contributed by atoms with Crippen molar-refractivity contribution >= 4 is 22.8 Å². The summed E-state index contributed by atoms with van der Waals surface area (Å²) in [5, 5.41) is 4.02. The van der Waals surface area contributed by atoms with Gasteiger partial charge in [-0.1, -0.05) is 25.5 Å². The number of rotatable bonds is 4. The highest BCUT2D eigenvalue weighted by molar-refractivity contribution is 5.82. The zero-order chi connectivity index (χ0) is 16.4. The first-order chi connectivity index (χ1) is 11.0.